The normalized spacial score (nSPS) is 27.1. The molecule has 5 aromatic rings. The number of methoxy groups -OCH3 is 5. The molecule has 0 atom stereocenters. The van der Waals surface area contributed by atoms with Gasteiger partial charge in [-0.25, -0.2) is 14.4 Å². The number of carbonyl (C=O) groups excluding carboxylic acids is 3. The van der Waals surface area contributed by atoms with E-state index in [1.54, 1.807) is 52.7 Å². The largest absolute Gasteiger partial charge is 0.506 e. The summed E-state index contributed by atoms with van der Waals surface area (Å²) in [6, 6.07) is 21.6. The number of hydrogen-bond acceptors (Lipinski definition) is 15. The highest BCUT2D eigenvalue weighted by Gasteiger charge is 2.52. The fourth-order valence-corrected chi connectivity index (χ4v) is 26.7. The van der Waals surface area contributed by atoms with Gasteiger partial charge in [-0.3, -0.25) is 19.6 Å². The zero-order valence-corrected chi connectivity index (χ0v) is 78.9. The van der Waals surface area contributed by atoms with Crippen LogP contribution in [0.3, 0.4) is 0 Å². The highest BCUT2D eigenvalue weighted by molar-refractivity contribution is 6.46. The second-order valence-corrected chi connectivity index (χ2v) is 40.4. The molecule has 0 saturated heterocycles. The summed E-state index contributed by atoms with van der Waals surface area (Å²) in [5.74, 6) is 13.8. The molecule has 5 N–H and O–H groups in total. The Kier molecular flexibility index (Phi) is 31.0. The number of hydrogen-bond donors (Lipinski definition) is 5. The number of ether oxygens (including phenoxy) is 6. The molecule has 2 aromatic heterocycles. The van der Waals surface area contributed by atoms with Crippen LogP contribution < -0.4 is 9.13 Å². The van der Waals surface area contributed by atoms with Crippen LogP contribution in [0.25, 0.3) is 47.7 Å². The Labute approximate surface area is 790 Å². The van der Waals surface area contributed by atoms with Gasteiger partial charge < -0.3 is 48.8 Å². The standard InChI is InChI=1S/2C31H36ClNO4.C25H26ClNO3.C22H25ClO4/c1-37-31(28-23-16-20-15-21(18-23)19-24(28)17-20)26-12-10-22(30(36)29(26)32)9-11-25-7-4-6-14-33(25)13-5-2-3-8-27(34)35;1-36-31(28-25-16-22-15-23(18-25)19-26(28)17-22)27-8-7-24(30(35)29(27)32)6-5-21-9-12-33(13-10-21)11-3-2-4-14-37-20-34;1-30-25(22-19-11-16-10-17(13-19)14-20(22)12-16)21-5-4-18(24(28)23(21)26)3-2-15-6-8-27(29)9-7-15;1-26-18(24)6-4-14-3-5-17(20(23)21(14)25)22(27-2)19-15-8-12-7-13(10-15)11-16(19)9-12/h4,6-7,9-12,14,20-21,23-24H,2-3,5,8,13,15-19H2,1H3,(H,34,35);5-10,12-13,20,22-23,25-26H,2-4,11,14-19H2,1H3;2-9,16-17,19-20,29H,10-14H2,1H3;3-6,12-13,15-16,25H,7-11H2,1-2H3/p+2/b;;;6-4+,22-19?. The van der Waals surface area contributed by atoms with Crippen LogP contribution in [0.1, 0.15) is 218 Å². The SMILES string of the molecule is COC(=C1C2CC3CC(C2)CC1C3)c1ccc(/C=C/c2cc[n+](CCCCCOC=O)cc2)c(O)c1Cl.COC(=C1C2CC3CC(C2)CC1C3)c1ccc(/C=C/c2cccc[n+]2CCCCCC(=O)O)c(O)c1Cl.COC(=O)/C=C/c1ccc(C(OC)=C2C3CC4CC(C3)CC2C4)c(Cl)c1O.COC(C1=C(Cl)C(=O)C(=CC=C2C=CN(O)C=C2)C=C1)=C1C2CC3CC(C2)CC1C3. The monoisotopic (exact) mass is 1860 g/mol. The fraction of sp³-hybridized carbons (Fsp3) is 0.468. The molecule has 18 aliphatic rings. The number of aromatic hydroxyl groups is 3. The zero-order chi connectivity index (χ0) is 91.7. The molecule has 23 rings (SSSR count). The van der Waals surface area contributed by atoms with Crippen LogP contribution in [0, 0.1) is 94.7 Å². The lowest BCUT2D eigenvalue weighted by molar-refractivity contribution is -0.699. The van der Waals surface area contributed by atoms with Crippen LogP contribution in [-0.2, 0) is 60.7 Å². The first-order valence-corrected chi connectivity index (χ1v) is 49.0. The van der Waals surface area contributed by atoms with Gasteiger partial charge in [-0.15, -0.1) is 0 Å². The summed E-state index contributed by atoms with van der Waals surface area (Å²) >= 11 is 26.6. The molecule has 18 nitrogen and oxygen atoms in total. The van der Waals surface area contributed by atoms with Crippen molar-refractivity contribution >= 4 is 118 Å². The smallest absolute Gasteiger partial charge is 0.330 e. The predicted octanol–water partition coefficient (Wildman–Crippen LogP) is 24.2. The summed E-state index contributed by atoms with van der Waals surface area (Å²) in [5.41, 5.74) is 14.0. The first-order chi connectivity index (χ1) is 63.5. The van der Waals surface area contributed by atoms with Crippen LogP contribution in [0.2, 0.25) is 15.1 Å². The van der Waals surface area contributed by atoms with E-state index in [0.29, 0.717) is 99.2 Å². The number of ketones is 1. The van der Waals surface area contributed by atoms with Crippen molar-refractivity contribution < 1.29 is 82.4 Å². The third-order valence-corrected chi connectivity index (χ3v) is 32.2. The number of carboxylic acids is 1. The van der Waals surface area contributed by atoms with Gasteiger partial charge in [0.15, 0.2) is 18.6 Å². The highest BCUT2D eigenvalue weighted by atomic mass is 35.5. The van der Waals surface area contributed by atoms with E-state index >= 15 is 0 Å². The third-order valence-electron chi connectivity index (χ3n) is 30.7. The van der Waals surface area contributed by atoms with E-state index in [1.165, 1.54) is 182 Å². The van der Waals surface area contributed by atoms with E-state index in [0.717, 1.165) is 160 Å². The van der Waals surface area contributed by atoms with Crippen LogP contribution in [0.5, 0.6) is 17.2 Å². The second kappa shape index (κ2) is 43.0. The van der Waals surface area contributed by atoms with Gasteiger partial charge in [0.2, 0.25) is 11.5 Å². The Hall–Kier alpha value is -9.82. The zero-order valence-electron chi connectivity index (χ0n) is 75.9. The van der Waals surface area contributed by atoms with E-state index in [9.17, 15) is 39.7 Å². The van der Waals surface area contributed by atoms with E-state index < -0.39 is 11.9 Å². The number of phenols is 3. The van der Waals surface area contributed by atoms with Crippen LogP contribution in [0.15, 0.2) is 190 Å². The molecule has 0 amide bonds. The molecule has 131 heavy (non-hydrogen) atoms. The van der Waals surface area contributed by atoms with Crippen molar-refractivity contribution in [3.63, 3.8) is 0 Å². The number of Topliss-reactive ketones (excluding diaryl/α,β-unsaturated/α-hetero) is 1. The molecule has 3 aromatic carbocycles. The summed E-state index contributed by atoms with van der Waals surface area (Å²) in [5, 5.41) is 52.9. The summed E-state index contributed by atoms with van der Waals surface area (Å²) in [4.78, 5) is 45.2. The Morgan fingerprint density at radius 1 is 0.443 bits per heavy atom. The number of allylic oxidation sites excluding steroid dienone is 13. The first-order valence-electron chi connectivity index (χ1n) is 47.5. The van der Waals surface area contributed by atoms with E-state index in [1.807, 2.05) is 97.3 Å². The molecule has 1 aliphatic heterocycles. The summed E-state index contributed by atoms with van der Waals surface area (Å²) in [6.07, 6.45) is 61.9. The van der Waals surface area contributed by atoms with E-state index in [-0.39, 0.29) is 39.5 Å². The molecule has 16 fully saturated rings. The Morgan fingerprint density at radius 2 is 0.855 bits per heavy atom. The van der Waals surface area contributed by atoms with Crippen molar-refractivity contribution in [3.05, 3.63) is 250 Å². The minimum Gasteiger partial charge on any atom is -0.506 e. The molecule has 692 valence electrons. The quantitative estimate of drug-likeness (QED) is 0.00782. The minimum absolute atomic E-state index is 0.0479. The van der Waals surface area contributed by atoms with Gasteiger partial charge in [0, 0.05) is 113 Å². The maximum absolute atomic E-state index is 13.0. The molecular formula is C109H125Cl4N3O15+2. The Balaban J connectivity index is 0.000000129. The number of unbranched alkanes of at least 4 members (excludes halogenated alkanes) is 4. The summed E-state index contributed by atoms with van der Waals surface area (Å²) in [7, 11) is 8.16. The van der Waals surface area contributed by atoms with Crippen molar-refractivity contribution in [2.24, 2.45) is 94.7 Å². The van der Waals surface area contributed by atoms with Crippen LogP contribution in [0.4, 0.5) is 0 Å². The molecule has 22 heteroatoms. The number of phenolic OH excluding ortho intramolecular Hbond substituents is 3. The van der Waals surface area contributed by atoms with Gasteiger partial charge in [-0.2, -0.15) is 4.57 Å². The second-order valence-electron chi connectivity index (χ2n) is 38.9. The molecule has 0 unspecified atom stereocenters. The molecule has 3 heterocycles. The number of halogens is 4. The molecular weight excluding hydrogens is 1730 g/mol. The number of nitrogens with zero attached hydrogens (tertiary/aromatic N) is 3. The number of esters is 1. The maximum Gasteiger partial charge on any atom is 0.330 e. The van der Waals surface area contributed by atoms with Gasteiger partial charge in [0.25, 0.3) is 6.47 Å². The van der Waals surface area contributed by atoms with Gasteiger partial charge in [-0.1, -0.05) is 95.0 Å². The number of rotatable bonds is 28. The Morgan fingerprint density at radius 3 is 1.27 bits per heavy atom. The number of aromatic nitrogens is 2. The molecule has 17 aliphatic carbocycles. The van der Waals surface area contributed by atoms with Crippen molar-refractivity contribution in [1.82, 2.24) is 5.06 Å². The van der Waals surface area contributed by atoms with Crippen LogP contribution >= 0.6 is 46.4 Å². The predicted molar refractivity (Wildman–Crippen MR) is 513 cm³/mol. The third kappa shape index (κ3) is 21.5. The minimum atomic E-state index is -0.743. The van der Waals surface area contributed by atoms with Gasteiger partial charge >= 0.3 is 11.9 Å². The molecule has 16 saturated carbocycles. The molecule has 0 spiro atoms. The number of aryl methyl sites for hydroxylation is 2. The number of hydroxylamine groups is 2. The number of carbonyl (C=O) groups is 4. The van der Waals surface area contributed by atoms with Crippen molar-refractivity contribution in [3.8, 4) is 17.2 Å². The van der Waals surface area contributed by atoms with E-state index in [4.69, 9.17) is 75.2 Å². The highest BCUT2D eigenvalue weighted by Crippen LogP contribution is 2.63. The lowest BCUT2D eigenvalue weighted by Gasteiger charge is -2.51. The topological polar surface area (TPSA) is 236 Å². The van der Waals surface area contributed by atoms with Crippen molar-refractivity contribution in [2.75, 3.05) is 42.2 Å². The van der Waals surface area contributed by atoms with Gasteiger partial charge in [-0.05, 0) is 337 Å². The van der Waals surface area contributed by atoms with Crippen molar-refractivity contribution in [1.29, 1.82) is 0 Å². The number of benzene rings is 3. The maximum atomic E-state index is 13.0. The lowest BCUT2D eigenvalue weighted by Crippen LogP contribution is -2.41. The lowest BCUT2D eigenvalue weighted by atomic mass is 9.54. The van der Waals surface area contributed by atoms with Crippen molar-refractivity contribution in [2.45, 2.75) is 186 Å². The molecule has 16 bridgehead atoms. The van der Waals surface area contributed by atoms with Gasteiger partial charge in [0.05, 0.1) is 62.3 Å². The van der Waals surface area contributed by atoms with E-state index in [2.05, 4.69) is 38.4 Å². The number of pyridine rings is 2. The number of aliphatic carboxylic acids is 1. The number of carboxylic acid groups (broad SMARTS) is 1. The summed E-state index contributed by atoms with van der Waals surface area (Å²) < 4.78 is 37.3. The fourth-order valence-electron chi connectivity index (χ4n) is 25.7. The van der Waals surface area contributed by atoms with Crippen LogP contribution in [-0.4, -0.2) is 97.0 Å². The summed E-state index contributed by atoms with van der Waals surface area (Å²) in [6.45, 7) is 2.71. The molecule has 0 radical (unpaired) electrons. The average molecular weight is 1860 g/mol. The van der Waals surface area contributed by atoms with Gasteiger partial charge in [0.1, 0.15) is 53.4 Å². The first kappa shape index (κ1) is 94.4. The average Bonchev–Trinajstić information content (AvgIpc) is 0.756. The Bertz CT molecular complexity index is 5400.